The Labute approximate surface area is 147 Å². The molecule has 0 bridgehead atoms. The van der Waals surface area contributed by atoms with Gasteiger partial charge in [-0.3, -0.25) is 0 Å². The van der Waals surface area contributed by atoms with Gasteiger partial charge in [0.15, 0.2) is 0 Å². The lowest BCUT2D eigenvalue weighted by Gasteiger charge is -2.13. The molecular weight excluding hydrogens is 312 g/mol. The standard InChI is InChI=1S/C22H20O3/c1-2-24-21-15-9-8-13-19(21)18-12-6-7-14-20(18)22(23)25-16-17-10-4-3-5-11-17/h3-15H,2,16H2,1H3. The lowest BCUT2D eigenvalue weighted by molar-refractivity contribution is 0.0473. The van der Waals surface area contributed by atoms with E-state index in [0.29, 0.717) is 12.2 Å². The molecule has 0 N–H and O–H groups in total. The number of hydrogen-bond donors (Lipinski definition) is 0. The molecule has 0 saturated heterocycles. The van der Waals surface area contributed by atoms with Crippen molar-refractivity contribution >= 4 is 5.97 Å². The molecule has 0 aliphatic heterocycles. The van der Waals surface area contributed by atoms with Crippen molar-refractivity contribution in [2.24, 2.45) is 0 Å². The summed E-state index contributed by atoms with van der Waals surface area (Å²) in [5.74, 6) is 0.416. The van der Waals surface area contributed by atoms with E-state index >= 15 is 0 Å². The smallest absolute Gasteiger partial charge is 0.339 e. The summed E-state index contributed by atoms with van der Waals surface area (Å²) < 4.78 is 11.2. The van der Waals surface area contributed by atoms with Gasteiger partial charge in [0.1, 0.15) is 12.4 Å². The van der Waals surface area contributed by atoms with Crippen molar-refractivity contribution in [3.05, 3.63) is 90.0 Å². The zero-order valence-corrected chi connectivity index (χ0v) is 14.1. The van der Waals surface area contributed by atoms with E-state index in [0.717, 1.165) is 22.4 Å². The van der Waals surface area contributed by atoms with Gasteiger partial charge in [-0.25, -0.2) is 4.79 Å². The summed E-state index contributed by atoms with van der Waals surface area (Å²) >= 11 is 0. The second kappa shape index (κ2) is 8.15. The molecule has 0 unspecified atom stereocenters. The van der Waals surface area contributed by atoms with Crippen molar-refractivity contribution < 1.29 is 14.3 Å². The van der Waals surface area contributed by atoms with Gasteiger partial charge < -0.3 is 9.47 Å². The normalized spacial score (nSPS) is 10.3. The minimum atomic E-state index is -0.342. The zero-order chi connectivity index (χ0) is 17.5. The van der Waals surface area contributed by atoms with Crippen LogP contribution < -0.4 is 4.74 Å². The van der Waals surface area contributed by atoms with E-state index in [9.17, 15) is 4.79 Å². The Hall–Kier alpha value is -3.07. The summed E-state index contributed by atoms with van der Waals surface area (Å²) in [6, 6.07) is 24.8. The molecule has 0 fully saturated rings. The molecule has 3 nitrogen and oxygen atoms in total. The van der Waals surface area contributed by atoms with Crippen molar-refractivity contribution in [3.8, 4) is 16.9 Å². The van der Waals surface area contributed by atoms with E-state index < -0.39 is 0 Å². The first-order valence-corrected chi connectivity index (χ1v) is 8.32. The molecule has 3 heteroatoms. The highest BCUT2D eigenvalue weighted by Gasteiger charge is 2.16. The summed E-state index contributed by atoms with van der Waals surface area (Å²) in [6.07, 6.45) is 0. The number of benzene rings is 3. The molecule has 126 valence electrons. The molecule has 0 spiro atoms. The molecule has 3 rings (SSSR count). The predicted molar refractivity (Wildman–Crippen MR) is 98.6 cm³/mol. The highest BCUT2D eigenvalue weighted by Crippen LogP contribution is 2.32. The first-order valence-electron chi connectivity index (χ1n) is 8.32. The Bertz CT molecular complexity index is 841. The third kappa shape index (κ3) is 4.07. The van der Waals surface area contributed by atoms with Gasteiger partial charge in [-0.1, -0.05) is 66.7 Å². The quantitative estimate of drug-likeness (QED) is 0.589. The Morgan fingerprint density at radius 1 is 0.800 bits per heavy atom. The van der Waals surface area contributed by atoms with Gasteiger partial charge in [-0.15, -0.1) is 0 Å². The van der Waals surface area contributed by atoms with Gasteiger partial charge >= 0.3 is 5.97 Å². The van der Waals surface area contributed by atoms with Crippen LogP contribution in [0, 0.1) is 0 Å². The Kier molecular flexibility index (Phi) is 5.47. The highest BCUT2D eigenvalue weighted by atomic mass is 16.5. The molecule has 3 aromatic carbocycles. The van der Waals surface area contributed by atoms with Crippen LogP contribution in [0.5, 0.6) is 5.75 Å². The second-order valence-electron chi connectivity index (χ2n) is 5.54. The number of hydrogen-bond acceptors (Lipinski definition) is 3. The zero-order valence-electron chi connectivity index (χ0n) is 14.1. The first-order chi connectivity index (χ1) is 12.3. The van der Waals surface area contributed by atoms with Gasteiger partial charge in [0.25, 0.3) is 0 Å². The molecule has 0 saturated carbocycles. The van der Waals surface area contributed by atoms with Gasteiger partial charge in [0.2, 0.25) is 0 Å². The largest absolute Gasteiger partial charge is 0.493 e. The Balaban J connectivity index is 1.87. The number of ether oxygens (including phenoxy) is 2. The van der Waals surface area contributed by atoms with Crippen LogP contribution in [0.4, 0.5) is 0 Å². The summed E-state index contributed by atoms with van der Waals surface area (Å²) in [5.41, 5.74) is 3.19. The predicted octanol–water partition coefficient (Wildman–Crippen LogP) is 5.11. The molecule has 25 heavy (non-hydrogen) atoms. The first kappa shape index (κ1) is 16.8. The third-order valence-corrected chi connectivity index (χ3v) is 3.84. The van der Waals surface area contributed by atoms with E-state index in [1.807, 2.05) is 79.7 Å². The fourth-order valence-electron chi connectivity index (χ4n) is 2.67. The van der Waals surface area contributed by atoms with Crippen LogP contribution in [0.3, 0.4) is 0 Å². The highest BCUT2D eigenvalue weighted by molar-refractivity contribution is 5.98. The summed E-state index contributed by atoms with van der Waals surface area (Å²) in [4.78, 5) is 12.6. The van der Waals surface area contributed by atoms with E-state index in [-0.39, 0.29) is 12.6 Å². The number of rotatable bonds is 6. The van der Waals surface area contributed by atoms with Crippen molar-refractivity contribution in [3.63, 3.8) is 0 Å². The molecule has 0 aliphatic carbocycles. The van der Waals surface area contributed by atoms with Crippen LogP contribution in [0.15, 0.2) is 78.9 Å². The van der Waals surface area contributed by atoms with E-state index in [2.05, 4.69) is 0 Å². The molecule has 0 aromatic heterocycles. The van der Waals surface area contributed by atoms with Crippen LogP contribution in [0.2, 0.25) is 0 Å². The summed E-state index contributed by atoms with van der Waals surface area (Å²) in [6.45, 7) is 2.76. The SMILES string of the molecule is CCOc1ccccc1-c1ccccc1C(=O)OCc1ccccc1. The molecule has 0 radical (unpaired) electrons. The molecule has 0 aliphatic rings. The van der Waals surface area contributed by atoms with Gasteiger partial charge in [0.05, 0.1) is 12.2 Å². The second-order valence-corrected chi connectivity index (χ2v) is 5.54. The maximum atomic E-state index is 12.6. The maximum Gasteiger partial charge on any atom is 0.339 e. The van der Waals surface area contributed by atoms with Crippen LogP contribution in [0.25, 0.3) is 11.1 Å². The van der Waals surface area contributed by atoms with Crippen molar-refractivity contribution in [1.82, 2.24) is 0 Å². The average Bonchev–Trinajstić information content (AvgIpc) is 2.68. The van der Waals surface area contributed by atoms with Gasteiger partial charge in [-0.2, -0.15) is 0 Å². The van der Waals surface area contributed by atoms with E-state index in [1.54, 1.807) is 6.07 Å². The van der Waals surface area contributed by atoms with Crippen LogP contribution in [-0.2, 0) is 11.3 Å². The summed E-state index contributed by atoms with van der Waals surface area (Å²) in [5, 5.41) is 0. The minimum absolute atomic E-state index is 0.251. The minimum Gasteiger partial charge on any atom is -0.493 e. The molecule has 0 amide bonds. The van der Waals surface area contributed by atoms with Crippen LogP contribution in [0.1, 0.15) is 22.8 Å². The molecule has 0 heterocycles. The van der Waals surface area contributed by atoms with Crippen molar-refractivity contribution in [2.45, 2.75) is 13.5 Å². The maximum absolute atomic E-state index is 12.6. The summed E-state index contributed by atoms with van der Waals surface area (Å²) in [7, 11) is 0. The van der Waals surface area contributed by atoms with E-state index in [1.165, 1.54) is 0 Å². The number of para-hydroxylation sites is 1. The molecule has 0 atom stereocenters. The van der Waals surface area contributed by atoms with Gasteiger partial charge in [-0.05, 0) is 30.2 Å². The topological polar surface area (TPSA) is 35.5 Å². The third-order valence-electron chi connectivity index (χ3n) is 3.84. The Morgan fingerprint density at radius 2 is 1.44 bits per heavy atom. The lowest BCUT2D eigenvalue weighted by atomic mass is 9.99. The van der Waals surface area contributed by atoms with Crippen LogP contribution >= 0.6 is 0 Å². The van der Waals surface area contributed by atoms with Gasteiger partial charge in [0, 0.05) is 5.56 Å². The number of carbonyl (C=O) groups excluding carboxylic acids is 1. The Morgan fingerprint density at radius 3 is 2.20 bits per heavy atom. The molecular formula is C22H20O3. The van der Waals surface area contributed by atoms with Crippen molar-refractivity contribution in [1.29, 1.82) is 0 Å². The van der Waals surface area contributed by atoms with Crippen molar-refractivity contribution in [2.75, 3.05) is 6.61 Å². The fourth-order valence-corrected chi connectivity index (χ4v) is 2.67. The van der Waals surface area contributed by atoms with E-state index in [4.69, 9.17) is 9.47 Å². The monoisotopic (exact) mass is 332 g/mol. The van der Waals surface area contributed by atoms with Crippen LogP contribution in [-0.4, -0.2) is 12.6 Å². The lowest BCUT2D eigenvalue weighted by Crippen LogP contribution is -2.07. The average molecular weight is 332 g/mol. The number of esters is 1. The number of carbonyl (C=O) groups is 1. The molecule has 3 aromatic rings. The fraction of sp³-hybridized carbons (Fsp3) is 0.136.